The van der Waals surface area contributed by atoms with Crippen LogP contribution in [-0.4, -0.2) is 37.6 Å². The second-order valence-electron chi connectivity index (χ2n) is 4.33. The number of anilines is 2. The fraction of sp³-hybridized carbons (Fsp3) is 0.333. The molecule has 2 rings (SSSR count). The zero-order valence-electron chi connectivity index (χ0n) is 10.3. The molecule has 7 heteroatoms. The molecule has 0 aliphatic carbocycles. The number of amides is 2. The van der Waals surface area contributed by atoms with Gasteiger partial charge >= 0.3 is 0 Å². The van der Waals surface area contributed by atoms with Gasteiger partial charge in [0.1, 0.15) is 6.04 Å². The molecule has 1 unspecified atom stereocenters. The van der Waals surface area contributed by atoms with E-state index in [0.717, 1.165) is 0 Å². The normalized spacial score (nSPS) is 19.2. The van der Waals surface area contributed by atoms with Crippen LogP contribution in [0.5, 0.6) is 0 Å². The van der Waals surface area contributed by atoms with Crippen molar-refractivity contribution in [3.05, 3.63) is 23.8 Å². The number of primary amides is 2. The smallest absolute Gasteiger partial charge is 0.250 e. The molecule has 0 bridgehead atoms. The van der Waals surface area contributed by atoms with Crippen LogP contribution in [-0.2, 0) is 9.53 Å². The van der Waals surface area contributed by atoms with E-state index in [1.165, 1.54) is 0 Å². The molecule has 1 heterocycles. The summed E-state index contributed by atoms with van der Waals surface area (Å²) in [6, 6.07) is 4.11. The van der Waals surface area contributed by atoms with Crippen molar-refractivity contribution in [3.8, 4) is 0 Å². The molecule has 0 saturated carbocycles. The lowest BCUT2D eigenvalue weighted by molar-refractivity contribution is -0.121. The Hall–Kier alpha value is -2.28. The standard InChI is InChI=1S/C12H16N4O3/c13-7-1-2-8(11(14)17)9(5-7)16-3-4-19-6-10(16)12(15)18/h1-2,5,10H,3-4,6,13H2,(H2,14,17)(H2,15,18). The third kappa shape index (κ3) is 2.60. The highest BCUT2D eigenvalue weighted by atomic mass is 16.5. The number of rotatable bonds is 3. The summed E-state index contributed by atoms with van der Waals surface area (Å²) in [5, 5.41) is 0. The van der Waals surface area contributed by atoms with Crippen LogP contribution in [0.2, 0.25) is 0 Å². The van der Waals surface area contributed by atoms with Gasteiger partial charge in [0, 0.05) is 12.2 Å². The number of carbonyl (C=O) groups is 2. The largest absolute Gasteiger partial charge is 0.399 e. The molecule has 1 atom stereocenters. The third-order valence-corrected chi connectivity index (χ3v) is 3.05. The van der Waals surface area contributed by atoms with Gasteiger partial charge in [0.2, 0.25) is 5.91 Å². The summed E-state index contributed by atoms with van der Waals surface area (Å²) in [6.07, 6.45) is 0. The SMILES string of the molecule is NC(=O)c1ccc(N)cc1N1CCOCC1C(N)=O. The van der Waals surface area contributed by atoms with E-state index in [9.17, 15) is 9.59 Å². The Labute approximate surface area is 110 Å². The number of benzene rings is 1. The second-order valence-corrected chi connectivity index (χ2v) is 4.33. The molecule has 19 heavy (non-hydrogen) atoms. The first kappa shape index (κ1) is 13.2. The molecule has 1 aliphatic heterocycles. The number of carbonyl (C=O) groups excluding carboxylic acids is 2. The van der Waals surface area contributed by atoms with Gasteiger partial charge in [-0.1, -0.05) is 0 Å². The summed E-state index contributed by atoms with van der Waals surface area (Å²) in [7, 11) is 0. The molecule has 6 N–H and O–H groups in total. The van der Waals surface area contributed by atoms with Gasteiger partial charge in [-0.2, -0.15) is 0 Å². The second kappa shape index (κ2) is 5.15. The van der Waals surface area contributed by atoms with Gasteiger partial charge in [-0.3, -0.25) is 9.59 Å². The Morgan fingerprint density at radius 3 is 2.68 bits per heavy atom. The number of nitrogen functional groups attached to an aromatic ring is 1. The highest BCUT2D eigenvalue weighted by molar-refractivity contribution is 6.00. The Bertz CT molecular complexity index is 518. The monoisotopic (exact) mass is 264 g/mol. The van der Waals surface area contributed by atoms with Crippen LogP contribution in [0.1, 0.15) is 10.4 Å². The summed E-state index contributed by atoms with van der Waals surface area (Å²) in [6.45, 7) is 1.07. The number of ether oxygens (including phenoxy) is 1. The van der Waals surface area contributed by atoms with Gasteiger partial charge in [0.05, 0.1) is 24.5 Å². The molecule has 1 saturated heterocycles. The Morgan fingerprint density at radius 1 is 1.32 bits per heavy atom. The summed E-state index contributed by atoms with van der Waals surface area (Å²) in [4.78, 5) is 24.6. The van der Waals surface area contributed by atoms with Crippen molar-refractivity contribution < 1.29 is 14.3 Å². The topological polar surface area (TPSA) is 125 Å². The van der Waals surface area contributed by atoms with Crippen molar-refractivity contribution in [2.75, 3.05) is 30.4 Å². The minimum absolute atomic E-state index is 0.183. The minimum atomic E-state index is -0.631. The lowest BCUT2D eigenvalue weighted by atomic mass is 10.1. The lowest BCUT2D eigenvalue weighted by Gasteiger charge is -2.36. The summed E-state index contributed by atoms with van der Waals surface area (Å²) in [5.74, 6) is -1.10. The molecule has 102 valence electrons. The minimum Gasteiger partial charge on any atom is -0.399 e. The van der Waals surface area contributed by atoms with Crippen LogP contribution >= 0.6 is 0 Å². The maximum atomic E-state index is 11.5. The third-order valence-electron chi connectivity index (χ3n) is 3.05. The Balaban J connectivity index is 2.46. The molecule has 0 radical (unpaired) electrons. The van der Waals surface area contributed by atoms with Gasteiger partial charge in [0.25, 0.3) is 5.91 Å². The molecule has 1 aromatic carbocycles. The maximum absolute atomic E-state index is 11.5. The van der Waals surface area contributed by atoms with Crippen molar-refractivity contribution in [1.82, 2.24) is 0 Å². The fourth-order valence-corrected chi connectivity index (χ4v) is 2.12. The Kier molecular flexibility index (Phi) is 3.57. The molecule has 0 aromatic heterocycles. The number of hydrogen-bond donors (Lipinski definition) is 3. The van der Waals surface area contributed by atoms with Crippen molar-refractivity contribution >= 4 is 23.2 Å². The molecule has 7 nitrogen and oxygen atoms in total. The highest BCUT2D eigenvalue weighted by Gasteiger charge is 2.30. The predicted molar refractivity (Wildman–Crippen MR) is 70.5 cm³/mol. The average Bonchev–Trinajstić information content (AvgIpc) is 2.38. The first-order valence-corrected chi connectivity index (χ1v) is 5.83. The highest BCUT2D eigenvalue weighted by Crippen LogP contribution is 2.26. The van der Waals surface area contributed by atoms with Gasteiger partial charge < -0.3 is 26.8 Å². The quantitative estimate of drug-likeness (QED) is 0.607. The van der Waals surface area contributed by atoms with E-state index in [-0.39, 0.29) is 6.61 Å². The van der Waals surface area contributed by atoms with Crippen LogP contribution in [0, 0.1) is 0 Å². The lowest BCUT2D eigenvalue weighted by Crippen LogP contribution is -2.53. The summed E-state index contributed by atoms with van der Waals surface area (Å²) in [5.41, 5.74) is 17.7. The fourth-order valence-electron chi connectivity index (χ4n) is 2.12. The Morgan fingerprint density at radius 2 is 2.05 bits per heavy atom. The van der Waals surface area contributed by atoms with Gasteiger partial charge in [-0.25, -0.2) is 0 Å². The van der Waals surface area contributed by atoms with Crippen molar-refractivity contribution in [2.45, 2.75) is 6.04 Å². The number of nitrogens with two attached hydrogens (primary N) is 3. The summed E-state index contributed by atoms with van der Waals surface area (Å²) >= 11 is 0. The number of morpholine rings is 1. The van der Waals surface area contributed by atoms with E-state index >= 15 is 0 Å². The van der Waals surface area contributed by atoms with Gasteiger partial charge in [-0.05, 0) is 18.2 Å². The zero-order chi connectivity index (χ0) is 14.0. The zero-order valence-corrected chi connectivity index (χ0v) is 10.3. The van der Waals surface area contributed by atoms with Gasteiger partial charge in [0.15, 0.2) is 0 Å². The van der Waals surface area contributed by atoms with E-state index in [1.54, 1.807) is 23.1 Å². The number of hydrogen-bond acceptors (Lipinski definition) is 5. The van der Waals surface area contributed by atoms with E-state index in [2.05, 4.69) is 0 Å². The van der Waals surface area contributed by atoms with Crippen molar-refractivity contribution in [1.29, 1.82) is 0 Å². The molecule has 1 fully saturated rings. The van der Waals surface area contributed by atoms with Crippen LogP contribution in [0.25, 0.3) is 0 Å². The van der Waals surface area contributed by atoms with E-state index < -0.39 is 17.9 Å². The van der Waals surface area contributed by atoms with Crippen LogP contribution in [0.3, 0.4) is 0 Å². The number of nitrogens with zero attached hydrogens (tertiary/aromatic N) is 1. The van der Waals surface area contributed by atoms with Crippen LogP contribution in [0.15, 0.2) is 18.2 Å². The molecular weight excluding hydrogens is 248 g/mol. The van der Waals surface area contributed by atoms with Crippen molar-refractivity contribution in [3.63, 3.8) is 0 Å². The molecular formula is C12H16N4O3. The van der Waals surface area contributed by atoms with E-state index in [1.807, 2.05) is 0 Å². The molecule has 1 aromatic rings. The molecule has 0 spiro atoms. The first-order valence-electron chi connectivity index (χ1n) is 5.83. The summed E-state index contributed by atoms with van der Waals surface area (Å²) < 4.78 is 5.24. The average molecular weight is 264 g/mol. The van der Waals surface area contributed by atoms with E-state index in [0.29, 0.717) is 30.1 Å². The van der Waals surface area contributed by atoms with Crippen LogP contribution < -0.4 is 22.1 Å². The van der Waals surface area contributed by atoms with Gasteiger partial charge in [-0.15, -0.1) is 0 Å². The van der Waals surface area contributed by atoms with Crippen LogP contribution in [0.4, 0.5) is 11.4 Å². The first-order chi connectivity index (χ1) is 9.00. The predicted octanol–water partition coefficient (Wildman–Crippen LogP) is -0.942. The van der Waals surface area contributed by atoms with E-state index in [4.69, 9.17) is 21.9 Å². The maximum Gasteiger partial charge on any atom is 0.250 e. The molecule has 1 aliphatic rings. The molecule has 2 amide bonds. The van der Waals surface area contributed by atoms with Crippen molar-refractivity contribution in [2.24, 2.45) is 11.5 Å².